The van der Waals surface area contributed by atoms with Crippen LogP contribution in [-0.2, 0) is 0 Å². The Hall–Kier alpha value is -1.80. The van der Waals surface area contributed by atoms with Crippen LogP contribution in [-0.4, -0.2) is 73.2 Å². The Morgan fingerprint density at radius 3 is 1.46 bits per heavy atom. The number of nitrogens with zero attached hydrogens (tertiary/aromatic N) is 2. The minimum Gasteiger partial charge on any atom is -0.335 e. The predicted octanol–water partition coefficient (Wildman–Crippen LogP) is -0.192. The molecule has 0 spiro atoms. The zero-order valence-electron chi connectivity index (χ0n) is 14.2. The van der Waals surface area contributed by atoms with Gasteiger partial charge in [-0.2, -0.15) is 0 Å². The lowest BCUT2D eigenvalue weighted by Crippen LogP contribution is -2.47. The van der Waals surface area contributed by atoms with E-state index in [4.69, 9.17) is 11.5 Å². The Kier molecular flexibility index (Phi) is 7.33. The van der Waals surface area contributed by atoms with Crippen LogP contribution in [0.5, 0.6) is 0 Å². The van der Waals surface area contributed by atoms with Crippen molar-refractivity contribution in [2.24, 2.45) is 11.5 Å². The van der Waals surface area contributed by atoms with Gasteiger partial charge in [-0.15, -0.1) is 0 Å². The molecular weight excluding hydrogens is 308 g/mol. The minimum atomic E-state index is -0.0553. The monoisotopic (exact) mass is 338 g/mol. The molecule has 0 bridgehead atoms. The second kappa shape index (κ2) is 9.48. The van der Waals surface area contributed by atoms with Gasteiger partial charge in [-0.3, -0.25) is 0 Å². The van der Waals surface area contributed by atoms with Crippen LogP contribution in [0.1, 0.15) is 25.7 Å². The highest BCUT2D eigenvalue weighted by Crippen LogP contribution is 2.08. The summed E-state index contributed by atoms with van der Waals surface area (Å²) in [4.78, 5) is 27.4. The highest BCUT2D eigenvalue weighted by Gasteiger charge is 2.20. The Morgan fingerprint density at radius 1 is 0.792 bits per heavy atom. The number of piperidine rings is 2. The van der Waals surface area contributed by atoms with E-state index in [1.807, 2.05) is 12.2 Å². The number of likely N-dealkylation sites (tertiary alicyclic amines) is 2. The predicted molar refractivity (Wildman–Crippen MR) is 93.5 cm³/mol. The average Bonchev–Trinajstić information content (AvgIpc) is 2.58. The second-order valence-electron chi connectivity index (χ2n) is 6.49. The largest absolute Gasteiger partial charge is 0.335 e. The van der Waals surface area contributed by atoms with Gasteiger partial charge in [0.05, 0.1) is 0 Å². The molecule has 0 aromatic heterocycles. The van der Waals surface area contributed by atoms with E-state index in [1.165, 1.54) is 0 Å². The third-order valence-corrected chi connectivity index (χ3v) is 4.56. The molecule has 2 heterocycles. The van der Waals surface area contributed by atoms with E-state index < -0.39 is 0 Å². The Morgan fingerprint density at radius 2 is 1.12 bits per heavy atom. The number of carbonyl (C=O) groups excluding carboxylic acids is 2. The fourth-order valence-corrected chi connectivity index (χ4v) is 2.89. The van der Waals surface area contributed by atoms with Crippen LogP contribution < -0.4 is 22.1 Å². The van der Waals surface area contributed by atoms with Crippen molar-refractivity contribution in [2.75, 3.05) is 39.3 Å². The van der Waals surface area contributed by atoms with Crippen molar-refractivity contribution in [3.63, 3.8) is 0 Å². The molecule has 2 saturated heterocycles. The van der Waals surface area contributed by atoms with Crippen LogP contribution in [0.15, 0.2) is 12.2 Å². The normalized spacial score (nSPS) is 20.4. The molecule has 0 aliphatic carbocycles. The van der Waals surface area contributed by atoms with Gasteiger partial charge in [0.15, 0.2) is 0 Å². The number of hydrogen-bond acceptors (Lipinski definition) is 4. The zero-order valence-corrected chi connectivity index (χ0v) is 14.2. The van der Waals surface area contributed by atoms with Gasteiger partial charge >= 0.3 is 12.1 Å². The highest BCUT2D eigenvalue weighted by atomic mass is 16.2. The number of amides is 4. The minimum absolute atomic E-state index is 0.0553. The molecule has 0 atom stereocenters. The summed E-state index contributed by atoms with van der Waals surface area (Å²) in [6, 6.07) is 0.321. The number of nitrogens with one attached hydrogen (secondary N) is 2. The number of rotatable bonds is 4. The Labute approximate surface area is 143 Å². The van der Waals surface area contributed by atoms with Crippen LogP contribution in [0.4, 0.5) is 9.59 Å². The summed E-state index contributed by atoms with van der Waals surface area (Å²) in [5, 5.41) is 5.69. The first-order valence-corrected chi connectivity index (χ1v) is 8.78. The highest BCUT2D eigenvalue weighted by molar-refractivity contribution is 5.75. The molecule has 2 aliphatic rings. The topological polar surface area (TPSA) is 117 Å². The van der Waals surface area contributed by atoms with E-state index >= 15 is 0 Å². The maximum absolute atomic E-state index is 11.9. The van der Waals surface area contributed by atoms with Gasteiger partial charge in [0, 0.05) is 51.4 Å². The second-order valence-corrected chi connectivity index (χ2v) is 6.49. The summed E-state index contributed by atoms with van der Waals surface area (Å²) in [6.07, 6.45) is 7.13. The molecule has 4 amide bonds. The lowest BCUT2D eigenvalue weighted by atomic mass is 10.1. The van der Waals surface area contributed by atoms with Crippen molar-refractivity contribution in [2.45, 2.75) is 37.8 Å². The number of carbonyl (C=O) groups is 2. The maximum Gasteiger partial charge on any atom is 0.317 e. The van der Waals surface area contributed by atoms with Crippen molar-refractivity contribution >= 4 is 12.1 Å². The molecule has 0 aromatic carbocycles. The van der Waals surface area contributed by atoms with Crippen LogP contribution in [0.25, 0.3) is 0 Å². The fourth-order valence-electron chi connectivity index (χ4n) is 2.89. The maximum atomic E-state index is 11.9. The van der Waals surface area contributed by atoms with Crippen LogP contribution in [0.3, 0.4) is 0 Å². The van der Waals surface area contributed by atoms with Crippen molar-refractivity contribution in [3.05, 3.63) is 12.2 Å². The molecule has 8 heteroatoms. The smallest absolute Gasteiger partial charge is 0.317 e. The summed E-state index contributed by atoms with van der Waals surface area (Å²) < 4.78 is 0. The molecule has 0 aromatic rings. The van der Waals surface area contributed by atoms with Crippen LogP contribution in [0.2, 0.25) is 0 Å². The first-order chi connectivity index (χ1) is 11.6. The lowest BCUT2D eigenvalue weighted by Gasteiger charge is -2.30. The Balaban J connectivity index is 1.54. The summed E-state index contributed by atoms with van der Waals surface area (Å²) >= 11 is 0. The molecule has 0 radical (unpaired) electrons. The first-order valence-electron chi connectivity index (χ1n) is 8.78. The lowest BCUT2D eigenvalue weighted by molar-refractivity contribution is 0.182. The molecule has 6 N–H and O–H groups in total. The third kappa shape index (κ3) is 6.01. The van der Waals surface area contributed by atoms with Crippen molar-refractivity contribution in [1.82, 2.24) is 20.4 Å². The van der Waals surface area contributed by atoms with E-state index in [0.717, 1.165) is 25.7 Å². The van der Waals surface area contributed by atoms with Gasteiger partial charge in [-0.1, -0.05) is 12.2 Å². The summed E-state index contributed by atoms with van der Waals surface area (Å²) in [6.45, 7) is 3.77. The molecule has 136 valence electrons. The number of nitrogens with two attached hydrogens (primary N) is 2. The number of hydrogen-bond donors (Lipinski definition) is 4. The average molecular weight is 338 g/mol. The standard InChI is InChI=1S/C16H30N6O2/c17-13-3-9-21(10-4-13)15(23)19-7-1-2-8-20-16(24)22-11-5-14(18)6-12-22/h1-2,13-14H,3-12,17-18H2,(H,19,23)(H,20,24)/b2-1-. The third-order valence-electron chi connectivity index (χ3n) is 4.56. The molecule has 24 heavy (non-hydrogen) atoms. The summed E-state index contributed by atoms with van der Waals surface area (Å²) in [5.41, 5.74) is 11.6. The van der Waals surface area contributed by atoms with Gasteiger partial charge in [-0.25, -0.2) is 9.59 Å². The van der Waals surface area contributed by atoms with E-state index in [2.05, 4.69) is 10.6 Å². The molecule has 2 fully saturated rings. The fraction of sp³-hybridized carbons (Fsp3) is 0.750. The molecule has 2 rings (SSSR count). The molecule has 0 unspecified atom stereocenters. The van der Waals surface area contributed by atoms with Crippen LogP contribution >= 0.6 is 0 Å². The summed E-state index contributed by atoms with van der Waals surface area (Å²) in [7, 11) is 0. The number of urea groups is 2. The van der Waals surface area contributed by atoms with E-state index in [9.17, 15) is 9.59 Å². The van der Waals surface area contributed by atoms with Crippen LogP contribution in [0, 0.1) is 0 Å². The van der Waals surface area contributed by atoms with E-state index in [-0.39, 0.29) is 24.1 Å². The first kappa shape index (κ1) is 18.5. The van der Waals surface area contributed by atoms with E-state index in [1.54, 1.807) is 9.80 Å². The van der Waals surface area contributed by atoms with Gasteiger partial charge in [0.1, 0.15) is 0 Å². The van der Waals surface area contributed by atoms with Gasteiger partial charge in [-0.05, 0) is 25.7 Å². The molecule has 8 nitrogen and oxygen atoms in total. The molecular formula is C16H30N6O2. The zero-order chi connectivity index (χ0) is 17.4. The van der Waals surface area contributed by atoms with Gasteiger partial charge < -0.3 is 31.9 Å². The molecule has 0 saturated carbocycles. The Bertz CT molecular complexity index is 400. The van der Waals surface area contributed by atoms with Gasteiger partial charge in [0.25, 0.3) is 0 Å². The van der Waals surface area contributed by atoms with Crippen molar-refractivity contribution in [3.8, 4) is 0 Å². The van der Waals surface area contributed by atoms with Crippen molar-refractivity contribution in [1.29, 1.82) is 0 Å². The molecule has 2 aliphatic heterocycles. The summed E-state index contributed by atoms with van der Waals surface area (Å²) in [5.74, 6) is 0. The quantitative estimate of drug-likeness (QED) is 0.531. The van der Waals surface area contributed by atoms with Gasteiger partial charge in [0.2, 0.25) is 0 Å². The SMILES string of the molecule is NC1CCN(C(=O)NC/C=C\CNC(=O)N2CCC(N)CC2)CC1. The van der Waals surface area contributed by atoms with E-state index in [0.29, 0.717) is 39.3 Å². The van der Waals surface area contributed by atoms with Crippen molar-refractivity contribution < 1.29 is 9.59 Å².